The second-order valence-corrected chi connectivity index (χ2v) is 5.58. The molecule has 1 aliphatic carbocycles. The van der Waals surface area contributed by atoms with Crippen LogP contribution >= 0.6 is 0 Å². The maximum absolute atomic E-state index is 12.1. The summed E-state index contributed by atoms with van der Waals surface area (Å²) < 4.78 is 42.0. The van der Waals surface area contributed by atoms with Crippen molar-refractivity contribution in [2.24, 2.45) is 0 Å². The molecule has 126 valence electrons. The quantitative estimate of drug-likeness (QED) is 0.589. The van der Waals surface area contributed by atoms with Gasteiger partial charge in [-0.3, -0.25) is 4.79 Å². The summed E-state index contributed by atoms with van der Waals surface area (Å²) in [6, 6.07) is 5.64. The van der Waals surface area contributed by atoms with E-state index in [2.05, 4.69) is 11.9 Å². The third-order valence-electron chi connectivity index (χ3n) is 3.80. The molecule has 0 saturated carbocycles. The second kappa shape index (κ2) is 7.64. The lowest BCUT2D eigenvalue weighted by molar-refractivity contribution is -0.136. The Bertz CT molecular complexity index is 569. The third kappa shape index (κ3) is 5.39. The highest BCUT2D eigenvalue weighted by Gasteiger charge is 2.26. The summed E-state index contributed by atoms with van der Waals surface area (Å²) >= 11 is 0. The molecule has 0 radical (unpaired) electrons. The van der Waals surface area contributed by atoms with Gasteiger partial charge in [0.15, 0.2) is 0 Å². The zero-order valence-corrected chi connectivity index (χ0v) is 12.8. The number of ether oxygens (including phenoxy) is 1. The Morgan fingerprint density at radius 3 is 2.87 bits per heavy atom. The first-order valence-corrected chi connectivity index (χ1v) is 7.63. The van der Waals surface area contributed by atoms with Gasteiger partial charge in [0.25, 0.3) is 0 Å². The summed E-state index contributed by atoms with van der Waals surface area (Å²) in [7, 11) is 0. The molecular formula is C17H20F3NO2. The number of hydrogen-bond acceptors (Lipinski definition) is 2. The molecule has 0 spiro atoms. The van der Waals surface area contributed by atoms with Crippen molar-refractivity contribution in [3.05, 3.63) is 42.0 Å². The number of anilines is 1. The van der Waals surface area contributed by atoms with Crippen LogP contribution in [0.3, 0.4) is 0 Å². The molecule has 1 aromatic carbocycles. The van der Waals surface area contributed by atoms with Gasteiger partial charge in [-0.05, 0) is 55.0 Å². The number of alkyl halides is 3. The zero-order chi connectivity index (χ0) is 16.9. The van der Waals surface area contributed by atoms with Gasteiger partial charge in [0.05, 0.1) is 6.10 Å². The maximum Gasteiger partial charge on any atom is 0.389 e. The molecule has 1 amide bonds. The van der Waals surface area contributed by atoms with E-state index in [0.29, 0.717) is 18.7 Å². The predicted octanol–water partition coefficient (Wildman–Crippen LogP) is 4.55. The Kier molecular flexibility index (Phi) is 5.82. The smallest absolute Gasteiger partial charge is 0.374 e. The van der Waals surface area contributed by atoms with Crippen molar-refractivity contribution in [3.63, 3.8) is 0 Å². The number of nitrogens with one attached hydrogen (secondary N) is 1. The normalized spacial score (nSPS) is 16.9. The third-order valence-corrected chi connectivity index (χ3v) is 3.80. The number of aryl methyl sites for hydroxylation is 1. The minimum absolute atomic E-state index is 0.0819. The largest absolute Gasteiger partial charge is 0.389 e. The van der Waals surface area contributed by atoms with E-state index < -0.39 is 12.6 Å². The first-order valence-electron chi connectivity index (χ1n) is 7.63. The molecule has 1 atom stereocenters. The van der Waals surface area contributed by atoms with Crippen LogP contribution in [0.2, 0.25) is 0 Å². The van der Waals surface area contributed by atoms with Gasteiger partial charge >= 0.3 is 6.18 Å². The zero-order valence-electron chi connectivity index (χ0n) is 12.8. The summed E-state index contributed by atoms with van der Waals surface area (Å²) in [5, 5.41) is 2.70. The van der Waals surface area contributed by atoms with E-state index in [1.807, 2.05) is 18.2 Å². The maximum atomic E-state index is 12.1. The minimum Gasteiger partial charge on any atom is -0.374 e. The minimum atomic E-state index is -4.10. The molecule has 1 aromatic rings. The highest BCUT2D eigenvalue weighted by Crippen LogP contribution is 2.36. The topological polar surface area (TPSA) is 38.3 Å². The molecule has 6 heteroatoms. The molecule has 1 unspecified atom stereocenters. The Hall–Kier alpha value is -1.82. The van der Waals surface area contributed by atoms with Crippen LogP contribution in [0.1, 0.15) is 42.9 Å². The number of fused-ring (bicyclic) bond motifs is 1. The van der Waals surface area contributed by atoms with Crippen molar-refractivity contribution < 1.29 is 22.7 Å². The van der Waals surface area contributed by atoms with Crippen molar-refractivity contribution >= 4 is 11.6 Å². The number of carbonyl (C=O) groups is 1. The fourth-order valence-electron chi connectivity index (χ4n) is 2.66. The van der Waals surface area contributed by atoms with Gasteiger partial charge in [-0.25, -0.2) is 0 Å². The SMILES string of the molecule is C=CC(=O)Nc1ccc2c(c1)C(OCCCCC(F)(F)F)CC2. The summed E-state index contributed by atoms with van der Waals surface area (Å²) in [5.74, 6) is -0.285. The molecule has 1 aliphatic rings. The molecule has 1 N–H and O–H groups in total. The predicted molar refractivity (Wildman–Crippen MR) is 82.2 cm³/mol. The summed E-state index contributed by atoms with van der Waals surface area (Å²) in [5.41, 5.74) is 2.82. The lowest BCUT2D eigenvalue weighted by atomic mass is 10.1. The van der Waals surface area contributed by atoms with Gasteiger partial charge in [-0.2, -0.15) is 13.2 Å². The number of amides is 1. The molecule has 3 nitrogen and oxygen atoms in total. The monoisotopic (exact) mass is 327 g/mol. The van der Waals surface area contributed by atoms with Gasteiger partial charge in [-0.1, -0.05) is 12.6 Å². The van der Waals surface area contributed by atoms with E-state index in [-0.39, 0.29) is 18.4 Å². The molecule has 2 rings (SSSR count). The van der Waals surface area contributed by atoms with Gasteiger partial charge in [0, 0.05) is 18.7 Å². The van der Waals surface area contributed by atoms with Crippen LogP contribution < -0.4 is 5.32 Å². The average Bonchev–Trinajstić information content (AvgIpc) is 2.88. The number of halogens is 3. The van der Waals surface area contributed by atoms with Gasteiger partial charge in [0.1, 0.15) is 0 Å². The second-order valence-electron chi connectivity index (χ2n) is 5.58. The van der Waals surface area contributed by atoms with Crippen molar-refractivity contribution in [2.75, 3.05) is 11.9 Å². The summed E-state index contributed by atoms with van der Waals surface area (Å²) in [6.45, 7) is 3.71. The van der Waals surface area contributed by atoms with E-state index in [1.165, 1.54) is 6.08 Å². The lowest BCUT2D eigenvalue weighted by Crippen LogP contribution is -2.09. The standard InChI is InChI=1S/C17H20F3NO2/c1-2-16(22)21-13-7-5-12-6-8-15(14(12)11-13)23-10-4-3-9-17(18,19)20/h2,5,7,11,15H,1,3-4,6,8-10H2,(H,21,22). The fraction of sp³-hybridized carbons (Fsp3) is 0.471. The van der Waals surface area contributed by atoms with Crippen molar-refractivity contribution in [3.8, 4) is 0 Å². The molecule has 23 heavy (non-hydrogen) atoms. The Morgan fingerprint density at radius 2 is 2.17 bits per heavy atom. The first kappa shape index (κ1) is 17.5. The van der Waals surface area contributed by atoms with Crippen molar-refractivity contribution in [2.45, 2.75) is 44.4 Å². The number of hydrogen-bond donors (Lipinski definition) is 1. The van der Waals surface area contributed by atoms with Crippen LogP contribution in [0.25, 0.3) is 0 Å². The molecule has 0 saturated heterocycles. The Morgan fingerprint density at radius 1 is 1.39 bits per heavy atom. The van der Waals surface area contributed by atoms with Gasteiger partial charge < -0.3 is 10.1 Å². The number of carbonyl (C=O) groups excluding carboxylic acids is 1. The highest BCUT2D eigenvalue weighted by atomic mass is 19.4. The molecular weight excluding hydrogens is 307 g/mol. The van der Waals surface area contributed by atoms with Crippen LogP contribution in [0, 0.1) is 0 Å². The number of unbranched alkanes of at least 4 members (excludes halogenated alkanes) is 1. The number of rotatable bonds is 7. The van der Waals surface area contributed by atoms with E-state index in [9.17, 15) is 18.0 Å². The van der Waals surface area contributed by atoms with Crippen LogP contribution in [0.4, 0.5) is 18.9 Å². The van der Waals surface area contributed by atoms with Crippen molar-refractivity contribution in [1.29, 1.82) is 0 Å². The Balaban J connectivity index is 1.86. The summed E-state index contributed by atoms with van der Waals surface area (Å²) in [6.07, 6.45) is -1.63. The molecule has 0 aliphatic heterocycles. The number of benzene rings is 1. The van der Waals surface area contributed by atoms with E-state index in [4.69, 9.17) is 4.74 Å². The first-order chi connectivity index (χ1) is 10.9. The van der Waals surface area contributed by atoms with Crippen molar-refractivity contribution in [1.82, 2.24) is 0 Å². The van der Waals surface area contributed by atoms with E-state index >= 15 is 0 Å². The van der Waals surface area contributed by atoms with Crippen LogP contribution in [0.5, 0.6) is 0 Å². The highest BCUT2D eigenvalue weighted by molar-refractivity contribution is 5.98. The van der Waals surface area contributed by atoms with Crippen LogP contribution in [0.15, 0.2) is 30.9 Å². The molecule has 0 fully saturated rings. The Labute approximate surface area is 133 Å². The fourth-order valence-corrected chi connectivity index (χ4v) is 2.66. The van der Waals surface area contributed by atoms with Gasteiger partial charge in [0.2, 0.25) is 5.91 Å². The molecule has 0 bridgehead atoms. The molecule has 0 aromatic heterocycles. The van der Waals surface area contributed by atoms with Gasteiger partial charge in [-0.15, -0.1) is 0 Å². The lowest BCUT2D eigenvalue weighted by Gasteiger charge is -2.14. The van der Waals surface area contributed by atoms with Crippen LogP contribution in [-0.4, -0.2) is 18.7 Å². The average molecular weight is 327 g/mol. The van der Waals surface area contributed by atoms with Crippen LogP contribution in [-0.2, 0) is 16.0 Å². The van der Waals surface area contributed by atoms with E-state index in [1.54, 1.807) is 0 Å². The van der Waals surface area contributed by atoms with E-state index in [0.717, 1.165) is 24.0 Å². The molecule has 0 heterocycles. The summed E-state index contributed by atoms with van der Waals surface area (Å²) in [4.78, 5) is 11.3.